The molecule has 0 aliphatic carbocycles. The molecule has 72 valence electrons. The highest BCUT2D eigenvalue weighted by molar-refractivity contribution is 5.20. The van der Waals surface area contributed by atoms with Gasteiger partial charge in [-0.15, -0.1) is 0 Å². The molecule has 2 rings (SSSR count). The second kappa shape index (κ2) is 3.54. The third kappa shape index (κ3) is 1.51. The molecule has 1 N–H and O–H groups in total. The molecule has 0 aromatic carbocycles. The zero-order chi connectivity index (χ0) is 9.15. The van der Waals surface area contributed by atoms with Gasteiger partial charge >= 0.3 is 0 Å². The van der Waals surface area contributed by atoms with Crippen LogP contribution in [-0.4, -0.2) is 6.54 Å². The average Bonchev–Trinajstić information content (AvgIpc) is 2.73. The van der Waals surface area contributed by atoms with Crippen LogP contribution in [0.3, 0.4) is 0 Å². The maximum Gasteiger partial charge on any atom is 0.0953 e. The highest BCUT2D eigenvalue weighted by Gasteiger charge is 2.34. The predicted octanol–water partition coefficient (Wildman–Crippen LogP) is 2.66. The van der Waals surface area contributed by atoms with E-state index in [1.165, 1.54) is 31.2 Å². The summed E-state index contributed by atoms with van der Waals surface area (Å²) in [6, 6.07) is 2.09. The smallest absolute Gasteiger partial charge is 0.0953 e. The lowest BCUT2D eigenvalue weighted by Gasteiger charge is -2.27. The van der Waals surface area contributed by atoms with Crippen LogP contribution in [0.2, 0.25) is 0 Å². The molecule has 1 aromatic rings. The Morgan fingerprint density at radius 1 is 1.62 bits per heavy atom. The van der Waals surface area contributed by atoms with E-state index in [9.17, 15) is 0 Å². The number of nitrogens with one attached hydrogen (secondary N) is 1. The number of furan rings is 1. The van der Waals surface area contributed by atoms with Gasteiger partial charge in [-0.1, -0.05) is 13.3 Å². The summed E-state index contributed by atoms with van der Waals surface area (Å²) in [5.74, 6) is 0. The number of hydrogen-bond acceptors (Lipinski definition) is 2. The van der Waals surface area contributed by atoms with Crippen molar-refractivity contribution in [1.29, 1.82) is 0 Å². The van der Waals surface area contributed by atoms with Gasteiger partial charge in [0.15, 0.2) is 0 Å². The van der Waals surface area contributed by atoms with Gasteiger partial charge in [-0.2, -0.15) is 0 Å². The first-order valence-electron chi connectivity index (χ1n) is 5.15. The van der Waals surface area contributed by atoms with Gasteiger partial charge in [0, 0.05) is 11.1 Å². The number of hydrogen-bond donors (Lipinski definition) is 1. The Bertz CT molecular complexity index is 247. The Morgan fingerprint density at radius 3 is 3.08 bits per heavy atom. The van der Waals surface area contributed by atoms with Gasteiger partial charge < -0.3 is 9.73 Å². The van der Waals surface area contributed by atoms with Crippen LogP contribution in [0, 0.1) is 0 Å². The predicted molar refractivity (Wildman–Crippen MR) is 52.5 cm³/mol. The molecule has 1 aliphatic heterocycles. The fourth-order valence-corrected chi connectivity index (χ4v) is 2.37. The molecule has 2 nitrogen and oxygen atoms in total. The zero-order valence-electron chi connectivity index (χ0n) is 8.18. The van der Waals surface area contributed by atoms with Gasteiger partial charge in [0.1, 0.15) is 0 Å². The maximum absolute atomic E-state index is 5.16. The summed E-state index contributed by atoms with van der Waals surface area (Å²) < 4.78 is 5.16. The summed E-state index contributed by atoms with van der Waals surface area (Å²) in [5, 5.41) is 3.61. The van der Waals surface area contributed by atoms with Crippen molar-refractivity contribution < 1.29 is 4.42 Å². The first kappa shape index (κ1) is 8.82. The zero-order valence-corrected chi connectivity index (χ0v) is 8.18. The van der Waals surface area contributed by atoms with Gasteiger partial charge in [-0.05, 0) is 31.9 Å². The lowest BCUT2D eigenvalue weighted by atomic mass is 9.86. The molecule has 1 saturated heterocycles. The molecule has 1 aromatic heterocycles. The van der Waals surface area contributed by atoms with Gasteiger partial charge in [0.25, 0.3) is 0 Å². The van der Waals surface area contributed by atoms with E-state index in [0.29, 0.717) is 0 Å². The van der Waals surface area contributed by atoms with Crippen LogP contribution in [0.4, 0.5) is 0 Å². The summed E-state index contributed by atoms with van der Waals surface area (Å²) in [5.41, 5.74) is 1.55. The van der Waals surface area contributed by atoms with Crippen molar-refractivity contribution in [2.45, 2.75) is 38.1 Å². The van der Waals surface area contributed by atoms with Crippen LogP contribution in [0.5, 0.6) is 0 Å². The van der Waals surface area contributed by atoms with Crippen LogP contribution in [-0.2, 0) is 5.54 Å². The Kier molecular flexibility index (Phi) is 2.40. The first-order chi connectivity index (χ1) is 6.37. The lowest BCUT2D eigenvalue weighted by Crippen LogP contribution is -2.36. The molecule has 0 bridgehead atoms. The minimum absolute atomic E-state index is 0.224. The Morgan fingerprint density at radius 2 is 2.54 bits per heavy atom. The number of rotatable bonds is 3. The molecule has 0 saturated carbocycles. The van der Waals surface area contributed by atoms with Crippen molar-refractivity contribution >= 4 is 0 Å². The van der Waals surface area contributed by atoms with E-state index in [2.05, 4.69) is 18.3 Å². The van der Waals surface area contributed by atoms with E-state index in [1.807, 2.05) is 6.26 Å². The summed E-state index contributed by atoms with van der Waals surface area (Å²) in [4.78, 5) is 0. The minimum atomic E-state index is 0.224. The molecule has 2 heterocycles. The summed E-state index contributed by atoms with van der Waals surface area (Å²) in [7, 11) is 0. The molecule has 1 fully saturated rings. The Balaban J connectivity index is 2.22. The summed E-state index contributed by atoms with van der Waals surface area (Å²) in [6.45, 7) is 3.38. The molecule has 2 heteroatoms. The SMILES string of the molecule is CCCC1(c2ccoc2)CCCN1. The van der Waals surface area contributed by atoms with Crippen LogP contribution in [0.15, 0.2) is 23.0 Å². The van der Waals surface area contributed by atoms with E-state index in [-0.39, 0.29) is 5.54 Å². The van der Waals surface area contributed by atoms with E-state index in [1.54, 1.807) is 6.26 Å². The lowest BCUT2D eigenvalue weighted by molar-refractivity contribution is 0.352. The van der Waals surface area contributed by atoms with Gasteiger partial charge in [-0.25, -0.2) is 0 Å². The molecule has 13 heavy (non-hydrogen) atoms. The maximum atomic E-state index is 5.16. The van der Waals surface area contributed by atoms with Crippen LogP contribution < -0.4 is 5.32 Å². The van der Waals surface area contributed by atoms with Crippen molar-refractivity contribution in [1.82, 2.24) is 5.32 Å². The van der Waals surface area contributed by atoms with E-state index >= 15 is 0 Å². The molecular weight excluding hydrogens is 162 g/mol. The fraction of sp³-hybridized carbons (Fsp3) is 0.636. The average molecular weight is 179 g/mol. The molecule has 1 unspecified atom stereocenters. The second-order valence-corrected chi connectivity index (χ2v) is 3.87. The van der Waals surface area contributed by atoms with Crippen molar-refractivity contribution in [3.63, 3.8) is 0 Å². The quantitative estimate of drug-likeness (QED) is 0.771. The van der Waals surface area contributed by atoms with E-state index in [0.717, 1.165) is 6.54 Å². The highest BCUT2D eigenvalue weighted by atomic mass is 16.3. The standard InChI is InChI=1S/C11H17NO/c1-2-5-11(6-3-7-12-11)10-4-8-13-9-10/h4,8-9,12H,2-3,5-7H2,1H3. The normalized spacial score (nSPS) is 28.1. The van der Waals surface area contributed by atoms with Crippen LogP contribution in [0.1, 0.15) is 38.2 Å². The first-order valence-corrected chi connectivity index (χ1v) is 5.15. The molecule has 0 spiro atoms. The topological polar surface area (TPSA) is 25.2 Å². The van der Waals surface area contributed by atoms with Crippen molar-refractivity contribution in [2.24, 2.45) is 0 Å². The molecule has 1 atom stereocenters. The van der Waals surface area contributed by atoms with Crippen LogP contribution >= 0.6 is 0 Å². The highest BCUT2D eigenvalue weighted by Crippen LogP contribution is 2.35. The van der Waals surface area contributed by atoms with Crippen molar-refractivity contribution in [3.8, 4) is 0 Å². The molecule has 0 radical (unpaired) electrons. The third-order valence-corrected chi connectivity index (χ3v) is 2.99. The van der Waals surface area contributed by atoms with Gasteiger partial charge in [0.2, 0.25) is 0 Å². The molecule has 0 amide bonds. The minimum Gasteiger partial charge on any atom is -0.472 e. The fourth-order valence-electron chi connectivity index (χ4n) is 2.37. The van der Waals surface area contributed by atoms with Crippen molar-refractivity contribution in [3.05, 3.63) is 24.2 Å². The van der Waals surface area contributed by atoms with Gasteiger partial charge in [-0.3, -0.25) is 0 Å². The summed E-state index contributed by atoms with van der Waals surface area (Å²) in [6.07, 6.45) is 8.62. The third-order valence-electron chi connectivity index (χ3n) is 2.99. The summed E-state index contributed by atoms with van der Waals surface area (Å²) >= 11 is 0. The van der Waals surface area contributed by atoms with Crippen molar-refractivity contribution in [2.75, 3.05) is 6.54 Å². The Hall–Kier alpha value is -0.760. The van der Waals surface area contributed by atoms with E-state index in [4.69, 9.17) is 4.42 Å². The Labute approximate surface area is 79.3 Å². The van der Waals surface area contributed by atoms with E-state index < -0.39 is 0 Å². The van der Waals surface area contributed by atoms with Crippen LogP contribution in [0.25, 0.3) is 0 Å². The molecular formula is C11H17NO. The van der Waals surface area contributed by atoms with Gasteiger partial charge in [0.05, 0.1) is 12.5 Å². The molecule has 1 aliphatic rings. The second-order valence-electron chi connectivity index (χ2n) is 3.87. The monoisotopic (exact) mass is 179 g/mol. The largest absolute Gasteiger partial charge is 0.472 e.